The first-order chi connectivity index (χ1) is 14.6. The van der Waals surface area contributed by atoms with Crippen molar-refractivity contribution >= 4 is 5.91 Å². The van der Waals surface area contributed by atoms with Gasteiger partial charge in [0, 0.05) is 37.3 Å². The van der Waals surface area contributed by atoms with Gasteiger partial charge in [0.2, 0.25) is 0 Å². The number of benzene rings is 1. The monoisotopic (exact) mass is 404 g/mol. The third kappa shape index (κ3) is 3.43. The number of aromatic nitrogens is 1. The van der Waals surface area contributed by atoms with E-state index in [4.69, 9.17) is 9.15 Å². The lowest BCUT2D eigenvalue weighted by atomic mass is 9.83. The molecule has 1 fully saturated rings. The van der Waals surface area contributed by atoms with Crippen LogP contribution in [0.25, 0.3) is 0 Å². The Bertz CT molecular complexity index is 1150. The number of hydrogen-bond donors (Lipinski definition) is 0. The van der Waals surface area contributed by atoms with Crippen molar-refractivity contribution in [2.75, 3.05) is 13.1 Å². The van der Waals surface area contributed by atoms with Crippen molar-refractivity contribution in [1.29, 1.82) is 0 Å². The second-order valence-electron chi connectivity index (χ2n) is 8.23. The molecule has 1 aromatic carbocycles. The number of amides is 1. The van der Waals surface area contributed by atoms with E-state index in [1.165, 1.54) is 0 Å². The van der Waals surface area contributed by atoms with Crippen molar-refractivity contribution in [1.82, 2.24) is 9.47 Å². The smallest absolute Gasteiger partial charge is 0.289 e. The SMILES string of the molecule is Cc1ccccc1OCc1ccc(C(=O)N2CC3CC(C2)c2cccc(=O)n2C3)o1. The van der Waals surface area contributed by atoms with Gasteiger partial charge in [-0.2, -0.15) is 0 Å². The van der Waals surface area contributed by atoms with E-state index < -0.39 is 0 Å². The van der Waals surface area contributed by atoms with Gasteiger partial charge in [-0.15, -0.1) is 0 Å². The molecule has 2 unspecified atom stereocenters. The summed E-state index contributed by atoms with van der Waals surface area (Å²) in [6.45, 7) is 4.19. The van der Waals surface area contributed by atoms with Crippen molar-refractivity contribution in [3.05, 3.63) is 87.7 Å². The van der Waals surface area contributed by atoms with Crippen LogP contribution in [-0.4, -0.2) is 28.5 Å². The average Bonchev–Trinajstić information content (AvgIpc) is 3.22. The third-order valence-corrected chi connectivity index (χ3v) is 6.10. The third-order valence-electron chi connectivity index (χ3n) is 6.10. The van der Waals surface area contributed by atoms with Crippen LogP contribution in [0, 0.1) is 12.8 Å². The first kappa shape index (κ1) is 18.7. The standard InChI is InChI=1S/C24H24N2O4/c1-16-5-2-3-7-21(16)29-15-19-9-10-22(30-19)24(28)25-12-17-11-18(14-25)20-6-4-8-23(27)26(20)13-17/h2-10,17-18H,11-15H2,1H3. The number of carbonyl (C=O) groups excluding carboxylic acids is 1. The molecule has 0 saturated carbocycles. The highest BCUT2D eigenvalue weighted by Gasteiger charge is 2.37. The van der Waals surface area contributed by atoms with E-state index in [1.54, 1.807) is 18.2 Å². The number of rotatable bonds is 4. The van der Waals surface area contributed by atoms with Gasteiger partial charge in [-0.1, -0.05) is 24.3 Å². The van der Waals surface area contributed by atoms with Crippen LogP contribution >= 0.6 is 0 Å². The number of fused-ring (bicyclic) bond motifs is 4. The summed E-state index contributed by atoms with van der Waals surface area (Å²) in [5, 5.41) is 0. The normalized spacial score (nSPS) is 20.0. The number of furan rings is 1. The number of ether oxygens (including phenoxy) is 1. The van der Waals surface area contributed by atoms with Gasteiger partial charge in [0.25, 0.3) is 11.5 Å². The minimum absolute atomic E-state index is 0.0475. The molecule has 2 aliphatic rings. The van der Waals surface area contributed by atoms with Gasteiger partial charge in [0.05, 0.1) is 0 Å². The molecule has 2 bridgehead atoms. The fourth-order valence-electron chi connectivity index (χ4n) is 4.66. The molecule has 6 nitrogen and oxygen atoms in total. The van der Waals surface area contributed by atoms with Crippen molar-refractivity contribution in [3.8, 4) is 5.75 Å². The van der Waals surface area contributed by atoms with E-state index in [9.17, 15) is 9.59 Å². The maximum absolute atomic E-state index is 13.1. The van der Waals surface area contributed by atoms with Gasteiger partial charge in [-0.05, 0) is 49.1 Å². The zero-order valence-electron chi connectivity index (χ0n) is 16.9. The van der Waals surface area contributed by atoms with E-state index in [0.717, 1.165) is 23.4 Å². The summed E-state index contributed by atoms with van der Waals surface area (Å²) >= 11 is 0. The average molecular weight is 404 g/mol. The Morgan fingerprint density at radius 3 is 2.80 bits per heavy atom. The molecule has 2 aromatic heterocycles. The lowest BCUT2D eigenvalue weighted by Crippen LogP contribution is -2.49. The Kier molecular flexibility index (Phi) is 4.69. The van der Waals surface area contributed by atoms with Gasteiger partial charge in [-0.3, -0.25) is 9.59 Å². The molecule has 6 heteroatoms. The zero-order valence-corrected chi connectivity index (χ0v) is 16.9. The minimum Gasteiger partial charge on any atom is -0.485 e. The van der Waals surface area contributed by atoms with Gasteiger partial charge < -0.3 is 18.6 Å². The fourth-order valence-corrected chi connectivity index (χ4v) is 4.66. The highest BCUT2D eigenvalue weighted by atomic mass is 16.5. The molecular formula is C24H24N2O4. The molecule has 0 spiro atoms. The minimum atomic E-state index is -0.0985. The van der Waals surface area contributed by atoms with Crippen molar-refractivity contribution < 1.29 is 13.9 Å². The summed E-state index contributed by atoms with van der Waals surface area (Å²) in [6, 6.07) is 16.7. The molecule has 30 heavy (non-hydrogen) atoms. The number of nitrogens with zero attached hydrogens (tertiary/aromatic N) is 2. The Morgan fingerprint density at radius 1 is 1.07 bits per heavy atom. The van der Waals surface area contributed by atoms with Crippen LogP contribution in [0.5, 0.6) is 5.75 Å². The van der Waals surface area contributed by atoms with Crippen LogP contribution in [0.15, 0.2) is 63.8 Å². The molecule has 3 aromatic rings. The molecule has 0 radical (unpaired) electrons. The van der Waals surface area contributed by atoms with Gasteiger partial charge in [-0.25, -0.2) is 0 Å². The molecule has 0 N–H and O–H groups in total. The summed E-state index contributed by atoms with van der Waals surface area (Å²) < 4.78 is 13.5. The molecule has 5 rings (SSSR count). The van der Waals surface area contributed by atoms with Crippen LogP contribution < -0.4 is 10.3 Å². The van der Waals surface area contributed by atoms with Crippen LogP contribution in [0.2, 0.25) is 0 Å². The lowest BCUT2D eigenvalue weighted by Gasteiger charge is -2.42. The van der Waals surface area contributed by atoms with Crippen LogP contribution in [0.1, 0.15) is 39.9 Å². The zero-order chi connectivity index (χ0) is 20.7. The summed E-state index contributed by atoms with van der Waals surface area (Å²) in [7, 11) is 0. The summed E-state index contributed by atoms with van der Waals surface area (Å²) in [4.78, 5) is 27.1. The first-order valence-electron chi connectivity index (χ1n) is 10.3. The Labute approximate surface area is 174 Å². The topological polar surface area (TPSA) is 64.7 Å². The van der Waals surface area contributed by atoms with Crippen LogP contribution in [0.4, 0.5) is 0 Å². The molecule has 154 valence electrons. The Balaban J connectivity index is 1.28. The predicted molar refractivity (Wildman–Crippen MR) is 112 cm³/mol. The second kappa shape index (κ2) is 7.52. The number of carbonyl (C=O) groups is 1. The van der Waals surface area contributed by atoms with Gasteiger partial charge in [0.15, 0.2) is 5.76 Å². The van der Waals surface area contributed by atoms with Gasteiger partial charge >= 0.3 is 0 Å². The van der Waals surface area contributed by atoms with E-state index in [-0.39, 0.29) is 24.0 Å². The van der Waals surface area contributed by atoms with Crippen molar-refractivity contribution in [2.24, 2.45) is 5.92 Å². The second-order valence-corrected chi connectivity index (χ2v) is 8.23. The molecule has 4 heterocycles. The maximum Gasteiger partial charge on any atom is 0.289 e. The van der Waals surface area contributed by atoms with Crippen molar-refractivity contribution in [2.45, 2.75) is 32.4 Å². The quantitative estimate of drug-likeness (QED) is 0.667. The first-order valence-corrected chi connectivity index (χ1v) is 10.3. The van der Waals surface area contributed by atoms with Crippen LogP contribution in [0.3, 0.4) is 0 Å². The highest BCUT2D eigenvalue weighted by molar-refractivity contribution is 5.91. The Morgan fingerprint density at radius 2 is 1.93 bits per heavy atom. The predicted octanol–water partition coefficient (Wildman–Crippen LogP) is 3.59. The molecule has 2 aliphatic heterocycles. The molecule has 0 aliphatic carbocycles. The summed E-state index contributed by atoms with van der Waals surface area (Å²) in [5.41, 5.74) is 2.13. The number of hydrogen-bond acceptors (Lipinski definition) is 4. The Hall–Kier alpha value is -3.28. The number of likely N-dealkylation sites (tertiary alicyclic amines) is 1. The van der Waals surface area contributed by atoms with E-state index >= 15 is 0 Å². The van der Waals surface area contributed by atoms with Crippen LogP contribution in [-0.2, 0) is 13.2 Å². The lowest BCUT2D eigenvalue weighted by molar-refractivity contribution is 0.0560. The largest absolute Gasteiger partial charge is 0.485 e. The molecule has 1 saturated heterocycles. The number of pyridine rings is 1. The maximum atomic E-state index is 13.1. The molecule has 1 amide bonds. The van der Waals surface area contributed by atoms with E-state index in [1.807, 2.05) is 52.8 Å². The number of aryl methyl sites for hydroxylation is 1. The number of para-hydroxylation sites is 1. The van der Waals surface area contributed by atoms with Crippen molar-refractivity contribution in [3.63, 3.8) is 0 Å². The summed E-state index contributed by atoms with van der Waals surface area (Å²) in [6.07, 6.45) is 1.01. The summed E-state index contributed by atoms with van der Waals surface area (Å²) in [5.74, 6) is 2.14. The fraction of sp³-hybridized carbons (Fsp3) is 0.333. The molecule has 2 atom stereocenters. The van der Waals surface area contributed by atoms with E-state index in [2.05, 4.69) is 0 Å². The van der Waals surface area contributed by atoms with E-state index in [0.29, 0.717) is 37.1 Å². The highest BCUT2D eigenvalue weighted by Crippen LogP contribution is 2.35. The molecular weight excluding hydrogens is 380 g/mol. The van der Waals surface area contributed by atoms with Gasteiger partial charge in [0.1, 0.15) is 18.1 Å². The number of piperidine rings is 1.